The van der Waals surface area contributed by atoms with Crippen LogP contribution in [0.4, 0.5) is 5.69 Å². The Morgan fingerprint density at radius 2 is 1.58 bits per heavy atom. The lowest BCUT2D eigenvalue weighted by Crippen LogP contribution is -2.15. The number of halogens is 1. The highest BCUT2D eigenvalue weighted by molar-refractivity contribution is 9.10. The van der Waals surface area contributed by atoms with Crippen LogP contribution in [0.1, 0.15) is 26.3 Å². The van der Waals surface area contributed by atoms with E-state index in [0.717, 1.165) is 0 Å². The van der Waals surface area contributed by atoms with Crippen molar-refractivity contribution < 1.29 is 9.59 Å². The summed E-state index contributed by atoms with van der Waals surface area (Å²) in [7, 11) is 0. The van der Waals surface area contributed by atoms with Gasteiger partial charge in [-0.25, -0.2) is 0 Å². The van der Waals surface area contributed by atoms with E-state index in [9.17, 15) is 9.59 Å². The maximum absolute atomic E-state index is 12.7. The molecule has 0 atom stereocenters. The first-order valence-corrected chi connectivity index (χ1v) is 8.05. The van der Waals surface area contributed by atoms with Gasteiger partial charge < -0.3 is 5.32 Å². The highest BCUT2D eigenvalue weighted by Gasteiger charge is 2.15. The molecule has 24 heavy (non-hydrogen) atoms. The quantitative estimate of drug-likeness (QED) is 0.685. The second-order valence-corrected chi connectivity index (χ2v) is 6.00. The number of amides is 1. The number of carbonyl (C=O) groups excluding carboxylic acids is 2. The van der Waals surface area contributed by atoms with Crippen molar-refractivity contribution in [3.63, 3.8) is 0 Å². The Morgan fingerprint density at radius 3 is 2.33 bits per heavy atom. The molecule has 0 saturated carbocycles. The van der Waals surface area contributed by atoms with Gasteiger partial charge in [0, 0.05) is 28.0 Å². The number of hydrogen-bond donors (Lipinski definition) is 1. The van der Waals surface area contributed by atoms with Crippen LogP contribution in [0.3, 0.4) is 0 Å². The van der Waals surface area contributed by atoms with Crippen LogP contribution >= 0.6 is 15.9 Å². The number of para-hydroxylation sites is 1. The molecule has 0 radical (unpaired) electrons. The van der Waals surface area contributed by atoms with E-state index in [-0.39, 0.29) is 11.7 Å². The third-order valence-corrected chi connectivity index (χ3v) is 3.86. The number of aromatic nitrogens is 1. The van der Waals surface area contributed by atoms with Crippen LogP contribution in [-0.4, -0.2) is 16.7 Å². The Labute approximate surface area is 147 Å². The Kier molecular flexibility index (Phi) is 4.82. The normalized spacial score (nSPS) is 10.2. The van der Waals surface area contributed by atoms with Gasteiger partial charge in [-0.1, -0.05) is 42.5 Å². The number of nitrogens with one attached hydrogen (secondary N) is 1. The van der Waals surface area contributed by atoms with Gasteiger partial charge in [-0.3, -0.25) is 14.6 Å². The number of hydrogen-bond acceptors (Lipinski definition) is 3. The molecule has 0 aliphatic carbocycles. The van der Waals surface area contributed by atoms with E-state index in [0.29, 0.717) is 26.9 Å². The maximum atomic E-state index is 12.7. The van der Waals surface area contributed by atoms with Crippen LogP contribution in [0.25, 0.3) is 0 Å². The number of pyridine rings is 1. The fourth-order valence-electron chi connectivity index (χ4n) is 2.27. The topological polar surface area (TPSA) is 59.1 Å². The first-order chi connectivity index (χ1) is 11.6. The summed E-state index contributed by atoms with van der Waals surface area (Å²) in [5.41, 5.74) is 1.89. The zero-order valence-electron chi connectivity index (χ0n) is 12.6. The van der Waals surface area contributed by atoms with Crippen molar-refractivity contribution in [2.24, 2.45) is 0 Å². The number of benzene rings is 2. The molecule has 0 aliphatic heterocycles. The summed E-state index contributed by atoms with van der Waals surface area (Å²) in [6.45, 7) is 0. The van der Waals surface area contributed by atoms with Gasteiger partial charge in [0.25, 0.3) is 5.91 Å². The molecular formula is C19H13BrN2O2. The zero-order valence-corrected chi connectivity index (χ0v) is 14.2. The summed E-state index contributed by atoms with van der Waals surface area (Å²) in [6, 6.07) is 17.6. The van der Waals surface area contributed by atoms with Crippen molar-refractivity contribution in [1.29, 1.82) is 0 Å². The van der Waals surface area contributed by atoms with Crippen molar-refractivity contribution >= 4 is 33.3 Å². The van der Waals surface area contributed by atoms with Gasteiger partial charge in [-0.2, -0.15) is 0 Å². The van der Waals surface area contributed by atoms with Crippen molar-refractivity contribution in [2.75, 3.05) is 5.32 Å². The van der Waals surface area contributed by atoms with E-state index in [4.69, 9.17) is 0 Å². The van der Waals surface area contributed by atoms with Gasteiger partial charge in [0.05, 0.1) is 11.3 Å². The summed E-state index contributed by atoms with van der Waals surface area (Å²) in [4.78, 5) is 29.0. The van der Waals surface area contributed by atoms with Crippen LogP contribution in [0, 0.1) is 0 Å². The molecule has 0 bridgehead atoms. The van der Waals surface area contributed by atoms with Crippen molar-refractivity contribution in [1.82, 2.24) is 4.98 Å². The monoisotopic (exact) mass is 380 g/mol. The van der Waals surface area contributed by atoms with E-state index in [1.807, 2.05) is 18.2 Å². The highest BCUT2D eigenvalue weighted by atomic mass is 79.9. The molecule has 1 amide bonds. The number of anilines is 1. The van der Waals surface area contributed by atoms with Gasteiger partial charge in [-0.05, 0) is 34.1 Å². The molecule has 0 saturated heterocycles. The Balaban J connectivity index is 1.90. The largest absolute Gasteiger partial charge is 0.321 e. The average Bonchev–Trinajstić information content (AvgIpc) is 2.62. The molecule has 0 fully saturated rings. The molecule has 0 spiro atoms. The molecule has 1 aromatic heterocycles. The minimum absolute atomic E-state index is 0.140. The third kappa shape index (κ3) is 3.58. The molecule has 1 heterocycles. The van der Waals surface area contributed by atoms with Crippen LogP contribution in [0.2, 0.25) is 0 Å². The number of carbonyl (C=O) groups is 2. The van der Waals surface area contributed by atoms with E-state index >= 15 is 0 Å². The lowest BCUT2D eigenvalue weighted by atomic mass is 10.0. The van der Waals surface area contributed by atoms with Gasteiger partial charge in [0.1, 0.15) is 0 Å². The van der Waals surface area contributed by atoms with Crippen LogP contribution in [0.15, 0.2) is 77.5 Å². The van der Waals surface area contributed by atoms with E-state index in [2.05, 4.69) is 26.2 Å². The Bertz CT molecular complexity index is 895. The summed E-state index contributed by atoms with van der Waals surface area (Å²) in [5, 5.41) is 2.78. The first-order valence-electron chi connectivity index (χ1n) is 7.26. The Hall–Kier alpha value is -2.79. The average molecular weight is 381 g/mol. The number of ketones is 1. The standard InChI is InChI=1S/C19H13BrN2O2/c20-15-10-14(11-21-12-15)19(24)22-17-9-5-4-8-16(17)18(23)13-6-2-1-3-7-13/h1-12H,(H,22,24). The molecule has 0 aliphatic rings. The fraction of sp³-hybridized carbons (Fsp3) is 0. The van der Waals surface area contributed by atoms with Gasteiger partial charge in [0.2, 0.25) is 0 Å². The predicted molar refractivity (Wildman–Crippen MR) is 96.2 cm³/mol. The fourth-order valence-corrected chi connectivity index (χ4v) is 2.63. The van der Waals surface area contributed by atoms with E-state index in [1.54, 1.807) is 48.7 Å². The molecule has 1 N–H and O–H groups in total. The number of nitrogens with zero attached hydrogens (tertiary/aromatic N) is 1. The van der Waals surface area contributed by atoms with Gasteiger partial charge in [-0.15, -0.1) is 0 Å². The summed E-state index contributed by atoms with van der Waals surface area (Å²) >= 11 is 3.29. The van der Waals surface area contributed by atoms with Crippen LogP contribution in [-0.2, 0) is 0 Å². The molecule has 0 unspecified atom stereocenters. The van der Waals surface area contributed by atoms with Crippen molar-refractivity contribution in [3.8, 4) is 0 Å². The maximum Gasteiger partial charge on any atom is 0.257 e. The summed E-state index contributed by atoms with van der Waals surface area (Å²) in [6.07, 6.45) is 3.07. The van der Waals surface area contributed by atoms with Crippen LogP contribution < -0.4 is 5.32 Å². The molecule has 2 aromatic carbocycles. The first kappa shape index (κ1) is 16.1. The second kappa shape index (κ2) is 7.19. The molecular weight excluding hydrogens is 368 g/mol. The molecule has 3 aromatic rings. The molecule has 3 rings (SSSR count). The number of rotatable bonds is 4. The zero-order chi connectivity index (χ0) is 16.9. The third-order valence-electron chi connectivity index (χ3n) is 3.42. The lowest BCUT2D eigenvalue weighted by Gasteiger charge is -2.10. The second-order valence-electron chi connectivity index (χ2n) is 5.09. The van der Waals surface area contributed by atoms with Crippen molar-refractivity contribution in [2.45, 2.75) is 0 Å². The lowest BCUT2D eigenvalue weighted by molar-refractivity contribution is 0.102. The minimum Gasteiger partial charge on any atom is -0.321 e. The van der Waals surface area contributed by atoms with Gasteiger partial charge in [0.15, 0.2) is 5.78 Å². The minimum atomic E-state index is -0.322. The van der Waals surface area contributed by atoms with Gasteiger partial charge >= 0.3 is 0 Å². The van der Waals surface area contributed by atoms with E-state index < -0.39 is 0 Å². The van der Waals surface area contributed by atoms with Crippen LogP contribution in [0.5, 0.6) is 0 Å². The summed E-state index contributed by atoms with van der Waals surface area (Å²) < 4.78 is 0.712. The molecule has 5 heteroatoms. The Morgan fingerprint density at radius 1 is 0.875 bits per heavy atom. The predicted octanol–water partition coefficient (Wildman–Crippen LogP) is 4.33. The molecule has 4 nitrogen and oxygen atoms in total. The molecule has 118 valence electrons. The SMILES string of the molecule is O=C(Nc1ccccc1C(=O)c1ccccc1)c1cncc(Br)c1. The smallest absolute Gasteiger partial charge is 0.257 e. The summed E-state index contributed by atoms with van der Waals surface area (Å²) in [5.74, 6) is -0.462. The highest BCUT2D eigenvalue weighted by Crippen LogP contribution is 2.20. The van der Waals surface area contributed by atoms with E-state index in [1.165, 1.54) is 6.20 Å². The van der Waals surface area contributed by atoms with Crippen molar-refractivity contribution in [3.05, 3.63) is 94.2 Å².